The van der Waals surface area contributed by atoms with Crippen molar-refractivity contribution in [2.24, 2.45) is 0 Å². The molecule has 192 valence electrons. The molecule has 0 bridgehead atoms. The Morgan fingerprint density at radius 2 is 1.95 bits per heavy atom. The van der Waals surface area contributed by atoms with Gasteiger partial charge in [-0.2, -0.15) is 0 Å². The predicted octanol–water partition coefficient (Wildman–Crippen LogP) is 7.50. The van der Waals surface area contributed by atoms with Gasteiger partial charge in [0.2, 0.25) is 0 Å². The van der Waals surface area contributed by atoms with Crippen LogP contribution in [0.15, 0.2) is 54.7 Å². The van der Waals surface area contributed by atoms with Gasteiger partial charge in [0.25, 0.3) is 0 Å². The van der Waals surface area contributed by atoms with Crippen molar-refractivity contribution < 1.29 is 19.0 Å². The first-order valence-corrected chi connectivity index (χ1v) is 13.2. The van der Waals surface area contributed by atoms with E-state index in [1.54, 1.807) is 0 Å². The van der Waals surface area contributed by atoms with E-state index in [-0.39, 0.29) is 12.6 Å². The molecule has 2 heterocycles. The highest BCUT2D eigenvalue weighted by molar-refractivity contribution is 6.08. The third-order valence-corrected chi connectivity index (χ3v) is 7.19. The van der Waals surface area contributed by atoms with Crippen molar-refractivity contribution >= 4 is 27.6 Å². The van der Waals surface area contributed by atoms with E-state index in [4.69, 9.17) is 19.2 Å². The van der Waals surface area contributed by atoms with E-state index in [2.05, 4.69) is 44.2 Å². The summed E-state index contributed by atoms with van der Waals surface area (Å²) in [6, 6.07) is 16.6. The quantitative estimate of drug-likeness (QED) is 0.236. The number of benzene rings is 3. The second-order valence-corrected chi connectivity index (χ2v) is 10.4. The molecular formula is C32H35NO4. The predicted molar refractivity (Wildman–Crippen MR) is 148 cm³/mol. The fourth-order valence-corrected chi connectivity index (χ4v) is 5.66. The first kappa shape index (κ1) is 25.2. The molecule has 0 radical (unpaired) electrons. The average molecular weight is 498 g/mol. The second kappa shape index (κ2) is 10.1. The van der Waals surface area contributed by atoms with Crippen molar-refractivity contribution in [2.75, 3.05) is 13.2 Å². The monoisotopic (exact) mass is 497 g/mol. The summed E-state index contributed by atoms with van der Waals surface area (Å²) in [6.45, 7) is 11.0. The van der Waals surface area contributed by atoms with Crippen LogP contribution in [0.2, 0.25) is 0 Å². The minimum Gasteiger partial charge on any atom is -0.493 e. The van der Waals surface area contributed by atoms with Gasteiger partial charge in [0.15, 0.2) is 6.10 Å². The van der Waals surface area contributed by atoms with Gasteiger partial charge in [-0.15, -0.1) is 0 Å². The number of fused-ring (bicyclic) bond motifs is 1. The topological polar surface area (TPSA) is 57.7 Å². The lowest BCUT2D eigenvalue weighted by molar-refractivity contribution is -0.169. The number of carbonyl (C=O) groups excluding carboxylic acids is 1. The lowest BCUT2D eigenvalue weighted by atomic mass is 9.85. The molecule has 1 aliphatic rings. The van der Waals surface area contributed by atoms with Gasteiger partial charge in [-0.3, -0.25) is 4.98 Å². The summed E-state index contributed by atoms with van der Waals surface area (Å²) in [4.78, 5) is 18.4. The molecule has 5 rings (SSSR count). The van der Waals surface area contributed by atoms with E-state index in [9.17, 15) is 4.79 Å². The first-order chi connectivity index (χ1) is 17.8. The molecule has 0 aliphatic carbocycles. The largest absolute Gasteiger partial charge is 0.493 e. The molecule has 0 saturated carbocycles. The van der Waals surface area contributed by atoms with Crippen LogP contribution in [-0.4, -0.2) is 29.8 Å². The number of nitrogens with zero attached hydrogens (tertiary/aromatic N) is 1. The van der Waals surface area contributed by atoms with Crippen LogP contribution >= 0.6 is 0 Å². The molecule has 5 heteroatoms. The summed E-state index contributed by atoms with van der Waals surface area (Å²) in [5.74, 6) is 0.485. The average Bonchev–Trinajstić information content (AvgIpc) is 2.88. The Bertz CT molecular complexity index is 1460. The zero-order valence-electron chi connectivity index (χ0n) is 22.4. The first-order valence-electron chi connectivity index (χ1n) is 13.2. The number of aromatic nitrogens is 1. The Balaban J connectivity index is 1.84. The molecule has 4 aromatic rings. The van der Waals surface area contributed by atoms with Gasteiger partial charge >= 0.3 is 5.97 Å². The SMILES string of the molecule is CCCC(C)(C)O[C@H](C(=O)OCC)c1c(C)cc2ccccc2c1-c1ccc2c3c(ccnc13)CCO2. The molecule has 0 spiro atoms. The summed E-state index contributed by atoms with van der Waals surface area (Å²) >= 11 is 0. The van der Waals surface area contributed by atoms with Crippen LogP contribution in [0.4, 0.5) is 0 Å². The molecule has 0 N–H and O–H groups in total. The summed E-state index contributed by atoms with van der Waals surface area (Å²) in [6.07, 6.45) is 3.62. The molecule has 0 fully saturated rings. The molecular weight excluding hydrogens is 462 g/mol. The van der Waals surface area contributed by atoms with Gasteiger partial charge in [-0.1, -0.05) is 43.7 Å². The summed E-state index contributed by atoms with van der Waals surface area (Å²) in [7, 11) is 0. The number of rotatable bonds is 8. The number of pyridine rings is 1. The Hall–Kier alpha value is -3.44. The van der Waals surface area contributed by atoms with Crippen molar-refractivity contribution in [2.45, 2.75) is 65.6 Å². The van der Waals surface area contributed by atoms with Gasteiger partial charge < -0.3 is 14.2 Å². The summed E-state index contributed by atoms with van der Waals surface area (Å²) in [5.41, 5.74) is 5.34. The highest BCUT2D eigenvalue weighted by atomic mass is 16.6. The molecule has 0 unspecified atom stereocenters. The highest BCUT2D eigenvalue weighted by Gasteiger charge is 2.35. The summed E-state index contributed by atoms with van der Waals surface area (Å²) < 4.78 is 18.2. The zero-order chi connectivity index (χ0) is 26.2. The minimum absolute atomic E-state index is 0.286. The van der Waals surface area contributed by atoms with Gasteiger partial charge in [-0.05, 0) is 79.8 Å². The van der Waals surface area contributed by atoms with Gasteiger partial charge in [0.05, 0.1) is 24.3 Å². The van der Waals surface area contributed by atoms with Crippen LogP contribution < -0.4 is 4.74 Å². The maximum Gasteiger partial charge on any atom is 0.339 e. The number of esters is 1. The van der Waals surface area contributed by atoms with Gasteiger partial charge in [-0.25, -0.2) is 4.79 Å². The maximum absolute atomic E-state index is 13.5. The van der Waals surface area contributed by atoms with Crippen LogP contribution in [-0.2, 0) is 20.7 Å². The van der Waals surface area contributed by atoms with Gasteiger partial charge in [0, 0.05) is 29.1 Å². The maximum atomic E-state index is 13.5. The van der Waals surface area contributed by atoms with Crippen LogP contribution in [0.5, 0.6) is 5.75 Å². The molecule has 37 heavy (non-hydrogen) atoms. The van der Waals surface area contributed by atoms with Gasteiger partial charge in [0.1, 0.15) is 5.75 Å². The number of hydrogen-bond acceptors (Lipinski definition) is 5. The van der Waals surface area contributed by atoms with E-state index >= 15 is 0 Å². The number of hydrogen-bond donors (Lipinski definition) is 0. The van der Waals surface area contributed by atoms with Crippen LogP contribution in [0.25, 0.3) is 32.8 Å². The third-order valence-electron chi connectivity index (χ3n) is 7.19. The molecule has 1 aliphatic heterocycles. The summed E-state index contributed by atoms with van der Waals surface area (Å²) in [5, 5.41) is 3.20. The van der Waals surface area contributed by atoms with Crippen molar-refractivity contribution in [3.8, 4) is 16.9 Å². The lowest BCUT2D eigenvalue weighted by Crippen LogP contribution is -2.32. The Morgan fingerprint density at radius 3 is 2.73 bits per heavy atom. The molecule has 1 aromatic heterocycles. The smallest absolute Gasteiger partial charge is 0.339 e. The Kier molecular flexibility index (Phi) is 6.91. The van der Waals surface area contributed by atoms with E-state index < -0.39 is 11.7 Å². The Labute approximate surface area is 218 Å². The van der Waals surface area contributed by atoms with E-state index in [0.29, 0.717) is 6.61 Å². The molecule has 0 amide bonds. The highest BCUT2D eigenvalue weighted by Crippen LogP contribution is 2.45. The minimum atomic E-state index is -0.872. The van der Waals surface area contributed by atoms with E-state index in [0.717, 1.165) is 68.9 Å². The second-order valence-electron chi connectivity index (χ2n) is 10.4. The van der Waals surface area contributed by atoms with Crippen LogP contribution in [0.1, 0.15) is 63.3 Å². The molecule has 1 atom stereocenters. The zero-order valence-corrected chi connectivity index (χ0v) is 22.4. The number of ether oxygens (including phenoxy) is 3. The van der Waals surface area contributed by atoms with Crippen LogP contribution in [0.3, 0.4) is 0 Å². The molecule has 3 aromatic carbocycles. The molecule has 5 nitrogen and oxygen atoms in total. The standard InChI is InChI=1S/C32H35NO4/c1-6-16-32(4,5)37-30(31(34)35-7-2)26-20(3)19-22-10-8-9-11-23(22)28(26)24-12-13-25-27-21(15-18-36-25)14-17-33-29(24)27/h8-14,17,19,30H,6-7,15-16,18H2,1-5H3/t30-/m0/s1. The Morgan fingerprint density at radius 1 is 1.14 bits per heavy atom. The van der Waals surface area contributed by atoms with E-state index in [1.165, 1.54) is 5.56 Å². The van der Waals surface area contributed by atoms with Crippen LogP contribution in [0, 0.1) is 6.92 Å². The van der Waals surface area contributed by atoms with Crippen molar-refractivity contribution in [3.63, 3.8) is 0 Å². The van der Waals surface area contributed by atoms with Crippen molar-refractivity contribution in [1.82, 2.24) is 4.98 Å². The normalized spacial score (nSPS) is 14.0. The van der Waals surface area contributed by atoms with Crippen molar-refractivity contribution in [3.05, 3.63) is 71.4 Å². The van der Waals surface area contributed by atoms with Crippen molar-refractivity contribution in [1.29, 1.82) is 0 Å². The van der Waals surface area contributed by atoms with E-state index in [1.807, 2.05) is 45.2 Å². The lowest BCUT2D eigenvalue weighted by Gasteiger charge is -2.32. The fourth-order valence-electron chi connectivity index (χ4n) is 5.66. The fraction of sp³-hybridized carbons (Fsp3) is 0.375. The number of aryl methyl sites for hydroxylation is 1. The molecule has 0 saturated heterocycles. The third kappa shape index (κ3) is 4.69. The number of carbonyl (C=O) groups is 1.